The van der Waals surface area contributed by atoms with Gasteiger partial charge in [0.15, 0.2) is 0 Å². The van der Waals surface area contributed by atoms with Gasteiger partial charge in [-0.05, 0) is 23.3 Å². The van der Waals surface area contributed by atoms with Crippen molar-refractivity contribution in [1.29, 1.82) is 0 Å². The first-order valence-electron chi connectivity index (χ1n) is 5.85. The molecule has 0 radical (unpaired) electrons. The number of hydrogen-bond donors (Lipinski definition) is 0. The first-order chi connectivity index (χ1) is 8.42. The highest BCUT2D eigenvalue weighted by Crippen LogP contribution is 2.38. The molecule has 1 nitrogen and oxygen atoms in total. The van der Waals surface area contributed by atoms with Crippen LogP contribution in [-0.4, -0.2) is 0 Å². The molecule has 80 valence electrons. The van der Waals surface area contributed by atoms with Gasteiger partial charge in [-0.3, -0.25) is 0 Å². The van der Waals surface area contributed by atoms with Crippen LogP contribution in [0.5, 0.6) is 0 Å². The molecule has 1 aromatic heterocycles. The molecule has 0 spiro atoms. The van der Waals surface area contributed by atoms with Gasteiger partial charge in [-0.15, -0.1) is 0 Å². The molecule has 1 heteroatoms. The lowest BCUT2D eigenvalue weighted by atomic mass is 10.1. The van der Waals surface area contributed by atoms with Gasteiger partial charge in [0, 0.05) is 6.07 Å². The monoisotopic (exact) mass is 219 g/mol. The Hall–Kier alpha value is -2.15. The maximum Gasteiger partial charge on any atom is 0.360 e. The zero-order valence-corrected chi connectivity index (χ0v) is 9.31. The van der Waals surface area contributed by atoms with Crippen LogP contribution >= 0.6 is 0 Å². The average Bonchev–Trinajstić information content (AvgIpc) is 2.73. The van der Waals surface area contributed by atoms with Crippen molar-refractivity contribution < 1.29 is 4.42 Å². The van der Waals surface area contributed by atoms with Crippen LogP contribution in [0.4, 0.5) is 0 Å². The van der Waals surface area contributed by atoms with Gasteiger partial charge in [0.05, 0.1) is 17.4 Å². The van der Waals surface area contributed by atoms with E-state index in [1.807, 2.05) is 18.2 Å². The van der Waals surface area contributed by atoms with Gasteiger partial charge in [0.25, 0.3) is 0 Å². The van der Waals surface area contributed by atoms with Gasteiger partial charge >= 0.3 is 11.3 Å². The van der Waals surface area contributed by atoms with E-state index in [0.717, 1.165) is 17.8 Å². The number of hydrogen-bond acceptors (Lipinski definition) is 0. The molecule has 1 aliphatic rings. The molecular weight excluding hydrogens is 208 g/mol. The summed E-state index contributed by atoms with van der Waals surface area (Å²) < 4.78 is 5.99. The molecule has 0 aliphatic heterocycles. The number of fused-ring (bicyclic) bond motifs is 4. The molecule has 0 N–H and O–H groups in total. The summed E-state index contributed by atoms with van der Waals surface area (Å²) in [4.78, 5) is 0. The Morgan fingerprint density at radius 3 is 2.65 bits per heavy atom. The second kappa shape index (κ2) is 3.17. The van der Waals surface area contributed by atoms with Gasteiger partial charge in [0.2, 0.25) is 0 Å². The Bertz CT molecular complexity index is 728. The molecular formula is C16H11O+. The van der Waals surface area contributed by atoms with Crippen molar-refractivity contribution in [2.24, 2.45) is 0 Å². The van der Waals surface area contributed by atoms with Crippen LogP contribution in [0.2, 0.25) is 0 Å². The quantitative estimate of drug-likeness (QED) is 0.402. The van der Waals surface area contributed by atoms with Crippen LogP contribution in [0.25, 0.3) is 22.1 Å². The van der Waals surface area contributed by atoms with Crippen molar-refractivity contribution in [2.75, 3.05) is 0 Å². The first-order valence-corrected chi connectivity index (χ1v) is 5.85. The summed E-state index contributed by atoms with van der Waals surface area (Å²) in [5, 5.41) is 1.17. The van der Waals surface area contributed by atoms with Crippen molar-refractivity contribution in [2.45, 2.75) is 6.42 Å². The fourth-order valence-corrected chi connectivity index (χ4v) is 2.59. The topological polar surface area (TPSA) is 11.3 Å². The summed E-state index contributed by atoms with van der Waals surface area (Å²) in [7, 11) is 0. The number of para-hydroxylation sites is 1. The molecule has 0 fully saturated rings. The summed E-state index contributed by atoms with van der Waals surface area (Å²) >= 11 is 0. The van der Waals surface area contributed by atoms with Crippen LogP contribution < -0.4 is 0 Å². The van der Waals surface area contributed by atoms with Crippen LogP contribution in [0, 0.1) is 0 Å². The zero-order chi connectivity index (χ0) is 11.2. The van der Waals surface area contributed by atoms with Crippen molar-refractivity contribution in [3.8, 4) is 11.1 Å². The first kappa shape index (κ1) is 8.94. The lowest BCUT2D eigenvalue weighted by Gasteiger charge is -1.96. The number of rotatable bonds is 0. The molecule has 4 rings (SSSR count). The van der Waals surface area contributed by atoms with E-state index in [1.54, 1.807) is 0 Å². The Balaban J connectivity index is 2.07. The Morgan fingerprint density at radius 2 is 1.65 bits per heavy atom. The fraction of sp³-hybridized carbons (Fsp3) is 0.0625. The van der Waals surface area contributed by atoms with E-state index in [-0.39, 0.29) is 0 Å². The predicted molar refractivity (Wildman–Crippen MR) is 68.9 cm³/mol. The molecule has 0 unspecified atom stereocenters. The van der Waals surface area contributed by atoms with Crippen LogP contribution in [0.1, 0.15) is 11.3 Å². The molecule has 1 heterocycles. The fourth-order valence-electron chi connectivity index (χ4n) is 2.59. The summed E-state index contributed by atoms with van der Waals surface area (Å²) in [6, 6.07) is 18.9. The van der Waals surface area contributed by atoms with Gasteiger partial charge in [-0.1, -0.05) is 36.4 Å². The standard InChI is InChI=1S/C16H11O/c1-3-7-13-11(5-1)10-16-14(13)9-12-6-2-4-8-15(12)17-16/h1-9H,10H2/q+1. The lowest BCUT2D eigenvalue weighted by Crippen LogP contribution is -1.81. The molecule has 0 saturated heterocycles. The third-order valence-corrected chi connectivity index (χ3v) is 3.41. The molecule has 2 aromatic carbocycles. The van der Waals surface area contributed by atoms with E-state index in [1.165, 1.54) is 22.1 Å². The molecule has 1 aliphatic carbocycles. The molecule has 0 amide bonds. The second-order valence-electron chi connectivity index (χ2n) is 4.46. The zero-order valence-electron chi connectivity index (χ0n) is 9.31. The van der Waals surface area contributed by atoms with Gasteiger partial charge < -0.3 is 0 Å². The third kappa shape index (κ3) is 1.22. The van der Waals surface area contributed by atoms with Crippen molar-refractivity contribution in [1.82, 2.24) is 0 Å². The highest BCUT2D eigenvalue weighted by atomic mass is 16.3. The van der Waals surface area contributed by atoms with Crippen molar-refractivity contribution in [3.63, 3.8) is 0 Å². The molecule has 0 saturated carbocycles. The van der Waals surface area contributed by atoms with E-state index in [0.29, 0.717) is 0 Å². The summed E-state index contributed by atoms with van der Waals surface area (Å²) in [5.41, 5.74) is 4.90. The van der Waals surface area contributed by atoms with Gasteiger partial charge in [-0.25, -0.2) is 4.42 Å². The van der Waals surface area contributed by atoms with Gasteiger partial charge in [0.1, 0.15) is 0 Å². The van der Waals surface area contributed by atoms with E-state index < -0.39 is 0 Å². The Kier molecular flexibility index (Phi) is 1.67. The Morgan fingerprint density at radius 1 is 0.824 bits per heavy atom. The van der Waals surface area contributed by atoms with Crippen LogP contribution in [0.15, 0.2) is 59.0 Å². The molecule has 3 aromatic rings. The molecule has 0 bridgehead atoms. The highest BCUT2D eigenvalue weighted by molar-refractivity contribution is 5.85. The van der Waals surface area contributed by atoms with E-state index in [2.05, 4.69) is 36.4 Å². The predicted octanol–water partition coefficient (Wildman–Crippen LogP) is 4.29. The van der Waals surface area contributed by atoms with Gasteiger partial charge in [-0.2, -0.15) is 0 Å². The Labute approximate surface area is 99.3 Å². The number of benzene rings is 2. The smallest absolute Gasteiger partial charge is 0.211 e. The molecule has 0 atom stereocenters. The van der Waals surface area contributed by atoms with Crippen LogP contribution in [-0.2, 0) is 6.42 Å². The van der Waals surface area contributed by atoms with Crippen molar-refractivity contribution in [3.05, 3.63) is 65.9 Å². The minimum absolute atomic E-state index is 0.913. The largest absolute Gasteiger partial charge is 0.360 e. The summed E-state index contributed by atoms with van der Waals surface area (Å²) in [5.74, 6) is 1.09. The minimum atomic E-state index is 0.913. The van der Waals surface area contributed by atoms with Crippen LogP contribution in [0.3, 0.4) is 0 Å². The summed E-state index contributed by atoms with van der Waals surface area (Å²) in [6.45, 7) is 0. The highest BCUT2D eigenvalue weighted by Gasteiger charge is 2.28. The normalized spacial score (nSPS) is 12.5. The maximum absolute atomic E-state index is 5.99. The third-order valence-electron chi connectivity index (χ3n) is 3.41. The SMILES string of the molecule is c1ccc2c(c1)Cc1[o+]c3ccccc3cc1-2. The minimum Gasteiger partial charge on any atom is -0.211 e. The second-order valence-corrected chi connectivity index (χ2v) is 4.46. The summed E-state index contributed by atoms with van der Waals surface area (Å²) in [6.07, 6.45) is 0.913. The van der Waals surface area contributed by atoms with E-state index in [9.17, 15) is 0 Å². The maximum atomic E-state index is 5.99. The van der Waals surface area contributed by atoms with E-state index in [4.69, 9.17) is 4.42 Å². The molecule has 17 heavy (non-hydrogen) atoms. The lowest BCUT2D eigenvalue weighted by molar-refractivity contribution is 0.558. The van der Waals surface area contributed by atoms with Crippen molar-refractivity contribution >= 4 is 11.0 Å². The average molecular weight is 219 g/mol. The van der Waals surface area contributed by atoms with E-state index >= 15 is 0 Å².